The number of alkyl halides is 5. The van der Waals surface area contributed by atoms with Crippen molar-refractivity contribution in [3.63, 3.8) is 0 Å². The van der Waals surface area contributed by atoms with Crippen molar-refractivity contribution >= 4 is 0 Å². The average Bonchev–Trinajstić information content (AvgIpc) is 2.04. The van der Waals surface area contributed by atoms with Crippen molar-refractivity contribution in [2.75, 3.05) is 0 Å². The molecule has 0 heterocycles. The molecule has 0 aliphatic heterocycles. The number of halogens is 5. The minimum absolute atomic E-state index is 0.0908. The molecule has 1 saturated carbocycles. The second kappa shape index (κ2) is 3.42. The van der Waals surface area contributed by atoms with Gasteiger partial charge in [-0.2, -0.15) is 22.0 Å². The number of hydrogen-bond donors (Lipinski definition) is 0. The Labute approximate surface area is 73.1 Å². The molecule has 0 saturated heterocycles. The van der Waals surface area contributed by atoms with Crippen molar-refractivity contribution < 1.29 is 22.0 Å². The molecule has 5 heteroatoms. The molecule has 1 rings (SSSR count). The van der Waals surface area contributed by atoms with E-state index in [9.17, 15) is 22.0 Å². The summed E-state index contributed by atoms with van der Waals surface area (Å²) in [5.74, 6) is -5.22. The van der Waals surface area contributed by atoms with E-state index in [1.165, 1.54) is 0 Å². The second-order valence-electron chi connectivity index (χ2n) is 3.24. The van der Waals surface area contributed by atoms with E-state index in [2.05, 4.69) is 0 Å². The smallest absolute Gasteiger partial charge is 0.196 e. The van der Waals surface area contributed by atoms with Crippen LogP contribution in [0.4, 0.5) is 22.0 Å². The van der Waals surface area contributed by atoms with Gasteiger partial charge in [-0.1, -0.05) is 19.3 Å². The normalized spacial score (nSPS) is 21.9. The van der Waals surface area contributed by atoms with Gasteiger partial charge in [-0.15, -0.1) is 0 Å². The molecule has 77 valence electrons. The predicted molar refractivity (Wildman–Crippen MR) is 37.3 cm³/mol. The van der Waals surface area contributed by atoms with E-state index in [1.807, 2.05) is 0 Å². The first-order chi connectivity index (χ1) is 5.86. The van der Waals surface area contributed by atoms with Gasteiger partial charge in [-0.05, 0) is 12.8 Å². The summed E-state index contributed by atoms with van der Waals surface area (Å²) in [4.78, 5) is 0. The topological polar surface area (TPSA) is 0 Å². The van der Waals surface area contributed by atoms with E-state index < -0.39 is 18.0 Å². The molecule has 0 aromatic rings. The van der Waals surface area contributed by atoms with Crippen molar-refractivity contribution in [3.05, 3.63) is 5.92 Å². The third-order valence-electron chi connectivity index (χ3n) is 2.26. The molecule has 13 heavy (non-hydrogen) atoms. The van der Waals surface area contributed by atoms with Crippen molar-refractivity contribution in [2.45, 2.75) is 44.2 Å². The lowest BCUT2D eigenvalue weighted by molar-refractivity contribution is -0.276. The highest BCUT2D eigenvalue weighted by Crippen LogP contribution is 2.47. The predicted octanol–water partition coefficient (Wildman–Crippen LogP) is 3.72. The van der Waals surface area contributed by atoms with Crippen LogP contribution in [-0.4, -0.2) is 12.1 Å². The Kier molecular flexibility index (Phi) is 2.82. The van der Waals surface area contributed by atoms with Crippen LogP contribution in [0.3, 0.4) is 0 Å². The van der Waals surface area contributed by atoms with E-state index in [4.69, 9.17) is 0 Å². The summed E-state index contributed by atoms with van der Waals surface area (Å²) in [6.45, 7) is 0. The van der Waals surface area contributed by atoms with Gasteiger partial charge in [0.2, 0.25) is 0 Å². The Hall–Kier alpha value is -0.350. The summed E-state index contributed by atoms with van der Waals surface area (Å²) in [5.41, 5.74) is 0. The van der Waals surface area contributed by atoms with E-state index in [0.29, 0.717) is 12.8 Å². The van der Waals surface area contributed by atoms with Gasteiger partial charge >= 0.3 is 12.1 Å². The molecule has 0 amide bonds. The maximum Gasteiger partial charge on any atom is 0.453 e. The molecule has 0 N–H and O–H groups in total. The van der Waals surface area contributed by atoms with Gasteiger partial charge in [0.1, 0.15) is 0 Å². The highest BCUT2D eigenvalue weighted by atomic mass is 19.4. The minimum atomic E-state index is -5.42. The van der Waals surface area contributed by atoms with Gasteiger partial charge in [-0.3, -0.25) is 0 Å². The van der Waals surface area contributed by atoms with Gasteiger partial charge in [0.25, 0.3) is 0 Å². The maximum absolute atomic E-state index is 12.7. The summed E-state index contributed by atoms with van der Waals surface area (Å²) in [7, 11) is 0. The van der Waals surface area contributed by atoms with Crippen LogP contribution in [0, 0.1) is 5.92 Å². The van der Waals surface area contributed by atoms with Gasteiger partial charge in [-0.25, -0.2) is 0 Å². The molecular weight excluding hydrogens is 191 g/mol. The Bertz CT molecular complexity index is 166. The summed E-state index contributed by atoms with van der Waals surface area (Å²) < 4.78 is 60.8. The molecule has 1 fully saturated rings. The molecule has 0 unspecified atom stereocenters. The van der Waals surface area contributed by atoms with Crippen molar-refractivity contribution in [1.82, 2.24) is 0 Å². The first-order valence-corrected chi connectivity index (χ1v) is 4.15. The molecule has 1 radical (unpaired) electrons. The van der Waals surface area contributed by atoms with Crippen LogP contribution >= 0.6 is 0 Å². The van der Waals surface area contributed by atoms with Crippen LogP contribution in [0.2, 0.25) is 0 Å². The molecular formula is C8H10F5. The molecule has 1 aliphatic carbocycles. The Morgan fingerprint density at radius 2 is 1.23 bits per heavy atom. The second-order valence-corrected chi connectivity index (χ2v) is 3.24. The van der Waals surface area contributed by atoms with Crippen molar-refractivity contribution in [3.8, 4) is 0 Å². The van der Waals surface area contributed by atoms with Crippen LogP contribution in [-0.2, 0) is 0 Å². The van der Waals surface area contributed by atoms with E-state index in [0.717, 1.165) is 6.42 Å². The molecule has 0 bridgehead atoms. The largest absolute Gasteiger partial charge is 0.453 e. The van der Waals surface area contributed by atoms with E-state index in [-0.39, 0.29) is 12.8 Å². The zero-order valence-electron chi connectivity index (χ0n) is 6.93. The highest BCUT2D eigenvalue weighted by molar-refractivity contribution is 5.08. The first kappa shape index (κ1) is 10.7. The third-order valence-corrected chi connectivity index (χ3v) is 2.26. The van der Waals surface area contributed by atoms with Crippen molar-refractivity contribution in [2.24, 2.45) is 0 Å². The summed E-state index contributed by atoms with van der Waals surface area (Å²) in [6.07, 6.45) is -3.96. The zero-order valence-corrected chi connectivity index (χ0v) is 6.93. The van der Waals surface area contributed by atoms with Crippen LogP contribution in [0.1, 0.15) is 32.1 Å². The summed E-state index contributed by atoms with van der Waals surface area (Å²) in [5, 5.41) is 0. The van der Waals surface area contributed by atoms with Gasteiger partial charge < -0.3 is 0 Å². The van der Waals surface area contributed by atoms with Gasteiger partial charge in [0, 0.05) is 0 Å². The average molecular weight is 201 g/mol. The fourth-order valence-electron chi connectivity index (χ4n) is 1.49. The monoisotopic (exact) mass is 201 g/mol. The third kappa shape index (κ3) is 2.11. The van der Waals surface area contributed by atoms with Crippen molar-refractivity contribution in [1.29, 1.82) is 0 Å². The van der Waals surface area contributed by atoms with Crippen LogP contribution in [0.25, 0.3) is 0 Å². The molecule has 0 spiro atoms. The lowest BCUT2D eigenvalue weighted by Gasteiger charge is -2.30. The van der Waals surface area contributed by atoms with Crippen LogP contribution < -0.4 is 0 Å². The Morgan fingerprint density at radius 3 is 1.62 bits per heavy atom. The van der Waals surface area contributed by atoms with Crippen LogP contribution in [0.15, 0.2) is 0 Å². The molecule has 1 aliphatic rings. The summed E-state index contributed by atoms with van der Waals surface area (Å²) >= 11 is 0. The number of hydrogen-bond acceptors (Lipinski definition) is 0. The summed E-state index contributed by atoms with van der Waals surface area (Å²) in [6, 6.07) is 0. The van der Waals surface area contributed by atoms with E-state index >= 15 is 0 Å². The quantitative estimate of drug-likeness (QED) is 0.567. The fourth-order valence-corrected chi connectivity index (χ4v) is 1.49. The maximum atomic E-state index is 12.7. The first-order valence-electron chi connectivity index (χ1n) is 4.15. The van der Waals surface area contributed by atoms with Gasteiger partial charge in [0.05, 0.1) is 5.92 Å². The van der Waals surface area contributed by atoms with Crippen LogP contribution in [0.5, 0.6) is 0 Å². The molecule has 0 aromatic heterocycles. The standard InChI is InChI=1S/C8H10F5/c9-7(10,8(11,12)13)6-4-2-1-3-5-6/h1-5H2. The van der Waals surface area contributed by atoms with Gasteiger partial charge in [0.15, 0.2) is 0 Å². The molecule has 0 aromatic carbocycles. The fraction of sp³-hybridized carbons (Fsp3) is 0.875. The lowest BCUT2D eigenvalue weighted by atomic mass is 9.84. The SMILES string of the molecule is FC(F)(F)C(F)(F)[C]1CCCCC1. The molecule has 0 atom stereocenters. The zero-order chi connectivity index (χ0) is 10.1. The Morgan fingerprint density at radius 1 is 0.769 bits per heavy atom. The Balaban J connectivity index is 2.67. The number of rotatable bonds is 1. The minimum Gasteiger partial charge on any atom is -0.196 e. The molecule has 0 nitrogen and oxygen atoms in total. The van der Waals surface area contributed by atoms with E-state index in [1.54, 1.807) is 0 Å². The highest BCUT2D eigenvalue weighted by Gasteiger charge is 2.62. The lowest BCUT2D eigenvalue weighted by Crippen LogP contribution is -2.42.